The average Bonchev–Trinajstić information content (AvgIpc) is 2.40. The van der Waals surface area contributed by atoms with Crippen LogP contribution >= 0.6 is 0 Å². The smallest absolute Gasteiger partial charge is 0.406 e. The lowest BCUT2D eigenvalue weighted by molar-refractivity contribution is -0.274. The minimum Gasteiger partial charge on any atom is -0.406 e. The molecule has 1 aromatic carbocycles. The van der Waals surface area contributed by atoms with Crippen LogP contribution in [0.1, 0.15) is 0 Å². The van der Waals surface area contributed by atoms with Crippen molar-refractivity contribution in [2.75, 3.05) is 5.84 Å². The molecule has 5 nitrogen and oxygen atoms in total. The maximum atomic E-state index is 11.9. The summed E-state index contributed by atoms with van der Waals surface area (Å²) in [6.45, 7) is 0. The van der Waals surface area contributed by atoms with E-state index >= 15 is 0 Å². The largest absolute Gasteiger partial charge is 0.573 e. The molecule has 8 heteroatoms. The van der Waals surface area contributed by atoms with Crippen LogP contribution in [-0.4, -0.2) is 21.5 Å². The Morgan fingerprint density at radius 1 is 1.20 bits per heavy atom. The fourth-order valence-electron chi connectivity index (χ4n) is 1.11. The lowest BCUT2D eigenvalue weighted by Gasteiger charge is -2.07. The summed E-state index contributed by atoms with van der Waals surface area (Å²) in [6, 6.07) is 3.59. The first-order chi connectivity index (χ1) is 6.94. The summed E-state index contributed by atoms with van der Waals surface area (Å²) in [5, 5.41) is 7.34. The summed E-state index contributed by atoms with van der Waals surface area (Å²) in [6.07, 6.45) is -4.72. The first kappa shape index (κ1) is 9.56. The van der Waals surface area contributed by atoms with Crippen molar-refractivity contribution in [1.29, 1.82) is 0 Å². The van der Waals surface area contributed by atoms with Gasteiger partial charge in [-0.25, -0.2) is 0 Å². The van der Waals surface area contributed by atoms with E-state index in [1.807, 2.05) is 0 Å². The molecule has 2 aromatic rings. The molecule has 0 aliphatic heterocycles. The molecule has 1 aromatic heterocycles. The Hall–Kier alpha value is -1.99. The molecule has 0 fully saturated rings. The molecule has 0 amide bonds. The predicted molar refractivity (Wildman–Crippen MR) is 44.4 cm³/mol. The van der Waals surface area contributed by atoms with Crippen LogP contribution in [0.4, 0.5) is 13.2 Å². The molecule has 0 aliphatic rings. The van der Waals surface area contributed by atoms with Gasteiger partial charge in [0.05, 0.1) is 0 Å². The monoisotopic (exact) mass is 218 g/mol. The summed E-state index contributed by atoms with van der Waals surface area (Å²) in [5.74, 6) is 4.85. The second kappa shape index (κ2) is 3.01. The molecule has 1 heterocycles. The molecule has 2 rings (SSSR count). The molecular formula is C7H5F3N4O. The third-order valence-electron chi connectivity index (χ3n) is 1.60. The van der Waals surface area contributed by atoms with Crippen molar-refractivity contribution in [3.63, 3.8) is 0 Å². The standard InChI is InChI=1S/C7H5F3N4O/c8-7(9,10)15-4-1-2-5-6(3-4)13-14(11)12-5/h1-3H,11H2. The van der Waals surface area contributed by atoms with Crippen molar-refractivity contribution in [2.24, 2.45) is 0 Å². The van der Waals surface area contributed by atoms with Gasteiger partial charge >= 0.3 is 6.36 Å². The van der Waals surface area contributed by atoms with E-state index in [4.69, 9.17) is 5.84 Å². The van der Waals surface area contributed by atoms with Crippen molar-refractivity contribution < 1.29 is 17.9 Å². The lowest BCUT2D eigenvalue weighted by Crippen LogP contribution is -2.16. The van der Waals surface area contributed by atoms with Gasteiger partial charge in [0, 0.05) is 6.07 Å². The Labute approximate surface area is 81.2 Å². The molecule has 0 aliphatic carbocycles. The van der Waals surface area contributed by atoms with Gasteiger partial charge in [-0.05, 0) is 12.1 Å². The van der Waals surface area contributed by atoms with Crippen LogP contribution in [0.25, 0.3) is 11.0 Å². The second-order valence-corrected chi connectivity index (χ2v) is 2.72. The first-order valence-electron chi connectivity index (χ1n) is 3.82. The number of hydrogen-bond donors (Lipinski definition) is 1. The molecule has 2 N–H and O–H groups in total. The summed E-state index contributed by atoms with van der Waals surface area (Å²) in [4.78, 5) is 0.780. The number of halogens is 3. The fourth-order valence-corrected chi connectivity index (χ4v) is 1.11. The van der Waals surface area contributed by atoms with Gasteiger partial charge in [-0.15, -0.1) is 23.4 Å². The van der Waals surface area contributed by atoms with Gasteiger partial charge in [-0.1, -0.05) is 4.91 Å². The highest BCUT2D eigenvalue weighted by Crippen LogP contribution is 2.24. The zero-order valence-corrected chi connectivity index (χ0v) is 7.19. The highest BCUT2D eigenvalue weighted by molar-refractivity contribution is 5.75. The van der Waals surface area contributed by atoms with Crippen LogP contribution in [-0.2, 0) is 0 Å². The van der Waals surface area contributed by atoms with Crippen LogP contribution in [0, 0.1) is 0 Å². The third-order valence-corrected chi connectivity index (χ3v) is 1.60. The molecule has 0 saturated heterocycles. The summed E-state index contributed by atoms with van der Waals surface area (Å²) < 4.78 is 39.3. The highest BCUT2D eigenvalue weighted by atomic mass is 19.4. The number of nitrogen functional groups attached to an aromatic ring is 1. The van der Waals surface area contributed by atoms with Crippen molar-refractivity contribution in [3.05, 3.63) is 18.2 Å². The number of ether oxygens (including phenoxy) is 1. The van der Waals surface area contributed by atoms with Crippen molar-refractivity contribution in [3.8, 4) is 5.75 Å². The maximum Gasteiger partial charge on any atom is 0.573 e. The summed E-state index contributed by atoms with van der Waals surface area (Å²) >= 11 is 0. The van der Waals surface area contributed by atoms with Gasteiger partial charge in [-0.3, -0.25) is 0 Å². The van der Waals surface area contributed by atoms with Crippen molar-refractivity contribution in [2.45, 2.75) is 6.36 Å². The molecule has 0 radical (unpaired) electrons. The molecular weight excluding hydrogens is 213 g/mol. The number of fused-ring (bicyclic) bond motifs is 1. The Kier molecular flexibility index (Phi) is 1.92. The van der Waals surface area contributed by atoms with E-state index in [1.54, 1.807) is 0 Å². The maximum absolute atomic E-state index is 11.9. The van der Waals surface area contributed by atoms with E-state index < -0.39 is 6.36 Å². The number of benzene rings is 1. The van der Waals surface area contributed by atoms with E-state index in [0.29, 0.717) is 5.52 Å². The van der Waals surface area contributed by atoms with Crippen LogP contribution in [0.5, 0.6) is 5.75 Å². The van der Waals surface area contributed by atoms with Crippen LogP contribution in [0.2, 0.25) is 0 Å². The zero-order chi connectivity index (χ0) is 11.1. The SMILES string of the molecule is Nn1nc2ccc(OC(F)(F)F)cc2n1. The topological polar surface area (TPSA) is 66.0 Å². The summed E-state index contributed by atoms with van der Waals surface area (Å²) in [5.41, 5.74) is 0.631. The van der Waals surface area contributed by atoms with Gasteiger partial charge < -0.3 is 10.6 Å². The normalized spacial score (nSPS) is 11.9. The van der Waals surface area contributed by atoms with E-state index in [-0.39, 0.29) is 11.3 Å². The minimum atomic E-state index is -4.72. The minimum absolute atomic E-state index is 0.235. The number of nitrogens with two attached hydrogens (primary N) is 1. The highest BCUT2D eigenvalue weighted by Gasteiger charge is 2.31. The average molecular weight is 218 g/mol. The molecule has 15 heavy (non-hydrogen) atoms. The lowest BCUT2D eigenvalue weighted by atomic mass is 10.3. The number of hydrogen-bond acceptors (Lipinski definition) is 4. The zero-order valence-electron chi connectivity index (χ0n) is 7.19. The van der Waals surface area contributed by atoms with E-state index in [9.17, 15) is 13.2 Å². The second-order valence-electron chi connectivity index (χ2n) is 2.72. The van der Waals surface area contributed by atoms with Crippen molar-refractivity contribution in [1.82, 2.24) is 15.1 Å². The van der Waals surface area contributed by atoms with Gasteiger partial charge in [-0.2, -0.15) is 0 Å². The van der Waals surface area contributed by atoms with Gasteiger partial charge in [0.25, 0.3) is 0 Å². The predicted octanol–water partition coefficient (Wildman–Crippen LogP) is 1.04. The van der Waals surface area contributed by atoms with E-state index in [0.717, 1.165) is 17.0 Å². The molecule has 0 unspecified atom stereocenters. The Bertz CT molecular complexity index is 492. The molecule has 0 atom stereocenters. The fraction of sp³-hybridized carbons (Fsp3) is 0.143. The van der Waals surface area contributed by atoms with Gasteiger partial charge in [0.2, 0.25) is 0 Å². The number of rotatable bonds is 1. The van der Waals surface area contributed by atoms with Crippen LogP contribution in [0.3, 0.4) is 0 Å². The Balaban J connectivity index is 2.38. The first-order valence-corrected chi connectivity index (χ1v) is 3.82. The van der Waals surface area contributed by atoms with Crippen LogP contribution in [0.15, 0.2) is 18.2 Å². The molecule has 80 valence electrons. The quantitative estimate of drug-likeness (QED) is 0.726. The summed E-state index contributed by atoms with van der Waals surface area (Å²) in [7, 11) is 0. The number of nitrogens with zero attached hydrogens (tertiary/aromatic N) is 3. The van der Waals surface area contributed by atoms with Gasteiger partial charge in [0.15, 0.2) is 0 Å². The number of alkyl halides is 3. The van der Waals surface area contributed by atoms with E-state index in [2.05, 4.69) is 14.9 Å². The Morgan fingerprint density at radius 2 is 1.87 bits per heavy atom. The molecule has 0 saturated carbocycles. The number of aromatic nitrogens is 3. The Morgan fingerprint density at radius 3 is 2.53 bits per heavy atom. The third kappa shape index (κ3) is 2.09. The van der Waals surface area contributed by atoms with Crippen LogP contribution < -0.4 is 10.6 Å². The van der Waals surface area contributed by atoms with Crippen molar-refractivity contribution >= 4 is 11.0 Å². The molecule has 0 bridgehead atoms. The van der Waals surface area contributed by atoms with Gasteiger partial charge in [0.1, 0.15) is 16.8 Å². The van der Waals surface area contributed by atoms with E-state index in [1.165, 1.54) is 6.07 Å². The molecule has 0 spiro atoms.